The van der Waals surface area contributed by atoms with Gasteiger partial charge >= 0.3 is 0 Å². The minimum absolute atomic E-state index is 0.168. The minimum atomic E-state index is 0.168. The summed E-state index contributed by atoms with van der Waals surface area (Å²) in [5.41, 5.74) is 0. The van der Waals surface area contributed by atoms with Crippen LogP contribution in [-0.4, -0.2) is 37.0 Å². The van der Waals surface area contributed by atoms with Crippen LogP contribution in [0.15, 0.2) is 0 Å². The standard InChI is InChI=1S/C12H22N2O/c1-13-12(15)9-14-8-4-6-10-5-2-3-7-11(10)14/h10-11H,2-9H2,1H3,(H,13,15). The third kappa shape index (κ3) is 2.51. The van der Waals surface area contributed by atoms with E-state index in [2.05, 4.69) is 10.2 Å². The van der Waals surface area contributed by atoms with Crippen molar-refractivity contribution in [1.29, 1.82) is 0 Å². The molecule has 0 aromatic heterocycles. The number of carbonyl (C=O) groups excluding carboxylic acids is 1. The van der Waals surface area contributed by atoms with Gasteiger partial charge in [-0.25, -0.2) is 0 Å². The van der Waals surface area contributed by atoms with Gasteiger partial charge < -0.3 is 5.32 Å². The number of likely N-dealkylation sites (N-methyl/N-ethyl adjacent to an activating group) is 1. The summed E-state index contributed by atoms with van der Waals surface area (Å²) in [6, 6.07) is 0.699. The number of carbonyl (C=O) groups is 1. The Morgan fingerprint density at radius 1 is 1.27 bits per heavy atom. The number of likely N-dealkylation sites (tertiary alicyclic amines) is 1. The van der Waals surface area contributed by atoms with E-state index in [9.17, 15) is 4.79 Å². The molecule has 0 radical (unpaired) electrons. The number of amides is 1. The van der Waals surface area contributed by atoms with E-state index in [0.29, 0.717) is 12.6 Å². The van der Waals surface area contributed by atoms with Crippen LogP contribution in [0.5, 0.6) is 0 Å². The Kier molecular flexibility index (Phi) is 3.62. The number of hydrogen-bond acceptors (Lipinski definition) is 2. The fourth-order valence-corrected chi connectivity index (χ4v) is 3.19. The Morgan fingerprint density at radius 3 is 2.80 bits per heavy atom. The molecule has 0 aromatic carbocycles. The molecule has 2 fully saturated rings. The molecule has 0 spiro atoms. The molecule has 2 rings (SSSR count). The van der Waals surface area contributed by atoms with Crippen LogP contribution < -0.4 is 5.32 Å². The molecule has 2 aliphatic rings. The molecule has 1 saturated heterocycles. The Labute approximate surface area is 92.2 Å². The summed E-state index contributed by atoms with van der Waals surface area (Å²) in [4.78, 5) is 13.8. The van der Waals surface area contributed by atoms with Crippen LogP contribution in [0.1, 0.15) is 38.5 Å². The maximum absolute atomic E-state index is 11.4. The molecule has 0 bridgehead atoms. The zero-order chi connectivity index (χ0) is 10.7. The summed E-state index contributed by atoms with van der Waals surface area (Å²) < 4.78 is 0. The molecule has 15 heavy (non-hydrogen) atoms. The average molecular weight is 210 g/mol. The topological polar surface area (TPSA) is 32.3 Å². The van der Waals surface area contributed by atoms with Gasteiger partial charge in [0.05, 0.1) is 6.54 Å². The van der Waals surface area contributed by atoms with Gasteiger partial charge in [0.15, 0.2) is 0 Å². The summed E-state index contributed by atoms with van der Waals surface area (Å²) in [6.45, 7) is 1.73. The molecular formula is C12H22N2O. The number of fused-ring (bicyclic) bond motifs is 1. The van der Waals surface area contributed by atoms with Crippen molar-refractivity contribution in [2.45, 2.75) is 44.6 Å². The maximum Gasteiger partial charge on any atom is 0.233 e. The Bertz CT molecular complexity index is 228. The first-order chi connectivity index (χ1) is 7.31. The second-order valence-corrected chi connectivity index (χ2v) is 4.90. The molecule has 2 unspecified atom stereocenters. The maximum atomic E-state index is 11.4. The Hall–Kier alpha value is -0.570. The molecule has 1 aliphatic heterocycles. The molecule has 1 amide bonds. The van der Waals surface area contributed by atoms with Crippen LogP contribution in [-0.2, 0) is 4.79 Å². The molecular weight excluding hydrogens is 188 g/mol. The van der Waals surface area contributed by atoms with E-state index in [-0.39, 0.29) is 5.91 Å². The van der Waals surface area contributed by atoms with E-state index in [1.807, 2.05) is 0 Å². The zero-order valence-electron chi connectivity index (χ0n) is 9.67. The normalized spacial score (nSPS) is 32.1. The van der Waals surface area contributed by atoms with E-state index < -0.39 is 0 Å². The molecule has 86 valence electrons. The van der Waals surface area contributed by atoms with Gasteiger partial charge in [0.25, 0.3) is 0 Å². The van der Waals surface area contributed by atoms with Gasteiger partial charge in [0, 0.05) is 13.1 Å². The van der Waals surface area contributed by atoms with E-state index in [0.717, 1.165) is 12.5 Å². The molecule has 3 heteroatoms. The first-order valence-electron chi connectivity index (χ1n) is 6.26. The van der Waals surface area contributed by atoms with Gasteiger partial charge in [-0.1, -0.05) is 12.8 Å². The van der Waals surface area contributed by atoms with E-state index >= 15 is 0 Å². The van der Waals surface area contributed by atoms with Gasteiger partial charge in [-0.2, -0.15) is 0 Å². The average Bonchev–Trinajstić information content (AvgIpc) is 2.29. The molecule has 1 aliphatic carbocycles. The first kappa shape index (κ1) is 10.9. The summed E-state index contributed by atoms with van der Waals surface area (Å²) >= 11 is 0. The van der Waals surface area contributed by atoms with Crippen LogP contribution in [0.2, 0.25) is 0 Å². The summed E-state index contributed by atoms with van der Waals surface area (Å²) in [5.74, 6) is 1.04. The third-order valence-corrected chi connectivity index (χ3v) is 3.98. The molecule has 3 nitrogen and oxygen atoms in total. The van der Waals surface area contributed by atoms with Crippen LogP contribution in [0.4, 0.5) is 0 Å². The highest BCUT2D eigenvalue weighted by Gasteiger charge is 2.33. The van der Waals surface area contributed by atoms with Crippen molar-refractivity contribution in [2.75, 3.05) is 20.1 Å². The van der Waals surface area contributed by atoms with Gasteiger partial charge in [-0.3, -0.25) is 9.69 Å². The second kappa shape index (κ2) is 4.97. The van der Waals surface area contributed by atoms with Gasteiger partial charge in [-0.15, -0.1) is 0 Å². The highest BCUT2D eigenvalue weighted by molar-refractivity contribution is 5.77. The van der Waals surface area contributed by atoms with Crippen molar-refractivity contribution in [3.8, 4) is 0 Å². The fourth-order valence-electron chi connectivity index (χ4n) is 3.19. The smallest absolute Gasteiger partial charge is 0.233 e. The lowest BCUT2D eigenvalue weighted by atomic mass is 9.78. The number of nitrogens with one attached hydrogen (secondary N) is 1. The Balaban J connectivity index is 1.94. The molecule has 1 N–H and O–H groups in total. The largest absolute Gasteiger partial charge is 0.358 e. The van der Waals surface area contributed by atoms with Gasteiger partial charge in [-0.05, 0) is 38.1 Å². The highest BCUT2D eigenvalue weighted by atomic mass is 16.1. The van der Waals surface area contributed by atoms with Crippen LogP contribution in [0, 0.1) is 5.92 Å². The summed E-state index contributed by atoms with van der Waals surface area (Å²) in [6.07, 6.45) is 8.10. The van der Waals surface area contributed by atoms with Crippen molar-refractivity contribution < 1.29 is 4.79 Å². The van der Waals surface area contributed by atoms with E-state index in [4.69, 9.17) is 0 Å². The quantitative estimate of drug-likeness (QED) is 0.747. The van der Waals surface area contributed by atoms with Crippen molar-refractivity contribution in [1.82, 2.24) is 10.2 Å². The van der Waals surface area contributed by atoms with Crippen molar-refractivity contribution in [2.24, 2.45) is 5.92 Å². The van der Waals surface area contributed by atoms with Gasteiger partial charge in [0.2, 0.25) is 5.91 Å². The summed E-state index contributed by atoms with van der Waals surface area (Å²) in [5, 5.41) is 2.73. The van der Waals surface area contributed by atoms with Crippen LogP contribution in [0.3, 0.4) is 0 Å². The predicted octanol–water partition coefficient (Wildman–Crippen LogP) is 1.39. The summed E-state index contributed by atoms with van der Waals surface area (Å²) in [7, 11) is 1.73. The predicted molar refractivity (Wildman–Crippen MR) is 60.6 cm³/mol. The number of piperidine rings is 1. The number of nitrogens with zero attached hydrogens (tertiary/aromatic N) is 1. The monoisotopic (exact) mass is 210 g/mol. The lowest BCUT2D eigenvalue weighted by molar-refractivity contribution is -0.123. The zero-order valence-corrected chi connectivity index (χ0v) is 9.67. The fraction of sp³-hybridized carbons (Fsp3) is 0.917. The Morgan fingerprint density at radius 2 is 2.00 bits per heavy atom. The molecule has 1 saturated carbocycles. The molecule has 1 heterocycles. The highest BCUT2D eigenvalue weighted by Crippen LogP contribution is 2.34. The number of hydrogen-bond donors (Lipinski definition) is 1. The van der Waals surface area contributed by atoms with Crippen LogP contribution in [0.25, 0.3) is 0 Å². The van der Waals surface area contributed by atoms with Crippen LogP contribution >= 0.6 is 0 Å². The molecule has 0 aromatic rings. The van der Waals surface area contributed by atoms with E-state index in [1.165, 1.54) is 38.5 Å². The minimum Gasteiger partial charge on any atom is -0.358 e. The lowest BCUT2D eigenvalue weighted by Gasteiger charge is -2.43. The third-order valence-electron chi connectivity index (χ3n) is 3.98. The SMILES string of the molecule is CNC(=O)CN1CCCC2CCCCC21. The van der Waals surface area contributed by atoms with Crippen molar-refractivity contribution >= 4 is 5.91 Å². The van der Waals surface area contributed by atoms with Crippen molar-refractivity contribution in [3.63, 3.8) is 0 Å². The first-order valence-corrected chi connectivity index (χ1v) is 6.26. The molecule has 2 atom stereocenters. The van der Waals surface area contributed by atoms with E-state index in [1.54, 1.807) is 7.05 Å². The number of rotatable bonds is 2. The second-order valence-electron chi connectivity index (χ2n) is 4.90. The van der Waals surface area contributed by atoms with Crippen molar-refractivity contribution in [3.05, 3.63) is 0 Å². The van der Waals surface area contributed by atoms with Gasteiger partial charge in [0.1, 0.15) is 0 Å². The lowest BCUT2D eigenvalue weighted by Crippen LogP contribution is -2.50.